The van der Waals surface area contributed by atoms with E-state index < -0.39 is 0 Å². The fourth-order valence-corrected chi connectivity index (χ4v) is 3.27. The molecule has 0 saturated heterocycles. The van der Waals surface area contributed by atoms with Gasteiger partial charge in [-0.05, 0) is 43.3 Å². The van der Waals surface area contributed by atoms with Gasteiger partial charge in [0.15, 0.2) is 0 Å². The monoisotopic (exact) mass is 314 g/mol. The standard InChI is InChI=1S/C17H15FN2OS/c1-11(16-19-14-5-3-4-6-15(14)22-16)20(2)17(21)12-7-9-13(18)10-8-12/h3-11H,1-2H3/t11-/m0/s1. The van der Waals surface area contributed by atoms with E-state index in [1.54, 1.807) is 23.3 Å². The average Bonchev–Trinajstić information content (AvgIpc) is 2.97. The minimum absolute atomic E-state index is 0.144. The number of nitrogens with zero attached hydrogens (tertiary/aromatic N) is 2. The number of para-hydroxylation sites is 1. The topological polar surface area (TPSA) is 33.2 Å². The second kappa shape index (κ2) is 5.85. The van der Waals surface area contributed by atoms with Gasteiger partial charge in [0.25, 0.3) is 5.91 Å². The number of hydrogen-bond donors (Lipinski definition) is 0. The summed E-state index contributed by atoms with van der Waals surface area (Å²) in [7, 11) is 1.74. The molecule has 5 heteroatoms. The summed E-state index contributed by atoms with van der Waals surface area (Å²) < 4.78 is 14.1. The van der Waals surface area contributed by atoms with Gasteiger partial charge in [0.1, 0.15) is 10.8 Å². The summed E-state index contributed by atoms with van der Waals surface area (Å²) >= 11 is 1.58. The number of carbonyl (C=O) groups is 1. The van der Waals surface area contributed by atoms with Crippen molar-refractivity contribution in [2.45, 2.75) is 13.0 Å². The number of benzene rings is 2. The third-order valence-corrected chi connectivity index (χ3v) is 4.87. The molecule has 3 nitrogen and oxygen atoms in total. The van der Waals surface area contributed by atoms with Crippen LogP contribution in [0.4, 0.5) is 4.39 Å². The number of halogens is 1. The van der Waals surface area contributed by atoms with Crippen molar-refractivity contribution in [2.24, 2.45) is 0 Å². The Labute approximate surface area is 132 Å². The highest BCUT2D eigenvalue weighted by atomic mass is 32.1. The lowest BCUT2D eigenvalue weighted by Crippen LogP contribution is -2.29. The number of hydrogen-bond acceptors (Lipinski definition) is 3. The van der Waals surface area contributed by atoms with Crippen LogP contribution >= 0.6 is 11.3 Å². The Hall–Kier alpha value is -2.27. The molecule has 3 aromatic rings. The Bertz CT molecular complexity index is 780. The van der Waals surface area contributed by atoms with E-state index in [4.69, 9.17) is 0 Å². The molecule has 112 valence electrons. The van der Waals surface area contributed by atoms with E-state index in [0.29, 0.717) is 5.56 Å². The van der Waals surface area contributed by atoms with Crippen LogP contribution in [-0.2, 0) is 0 Å². The molecule has 0 radical (unpaired) electrons. The van der Waals surface area contributed by atoms with Gasteiger partial charge in [0, 0.05) is 12.6 Å². The van der Waals surface area contributed by atoms with Gasteiger partial charge in [0.2, 0.25) is 0 Å². The highest BCUT2D eigenvalue weighted by molar-refractivity contribution is 7.18. The first-order valence-electron chi connectivity index (χ1n) is 6.94. The Balaban J connectivity index is 1.85. The first kappa shape index (κ1) is 14.7. The normalized spacial score (nSPS) is 12.3. The Morgan fingerprint density at radius 3 is 2.55 bits per heavy atom. The molecule has 2 aromatic carbocycles. The van der Waals surface area contributed by atoms with Crippen molar-refractivity contribution in [3.8, 4) is 0 Å². The van der Waals surface area contributed by atoms with Crippen LogP contribution in [0.2, 0.25) is 0 Å². The van der Waals surface area contributed by atoms with E-state index in [1.807, 2.05) is 31.2 Å². The van der Waals surface area contributed by atoms with Crippen molar-refractivity contribution in [3.63, 3.8) is 0 Å². The lowest BCUT2D eigenvalue weighted by Gasteiger charge is -2.23. The van der Waals surface area contributed by atoms with Crippen molar-refractivity contribution >= 4 is 27.5 Å². The second-order valence-corrected chi connectivity index (χ2v) is 6.18. The van der Waals surface area contributed by atoms with Crippen LogP contribution in [0.15, 0.2) is 48.5 Å². The van der Waals surface area contributed by atoms with E-state index in [9.17, 15) is 9.18 Å². The number of amides is 1. The molecule has 0 saturated carbocycles. The summed E-state index contributed by atoms with van der Waals surface area (Å²) in [6.45, 7) is 1.94. The van der Waals surface area contributed by atoms with E-state index in [2.05, 4.69) is 4.98 Å². The van der Waals surface area contributed by atoms with Gasteiger partial charge >= 0.3 is 0 Å². The molecule has 0 N–H and O–H groups in total. The zero-order chi connectivity index (χ0) is 15.7. The maximum Gasteiger partial charge on any atom is 0.254 e. The average molecular weight is 314 g/mol. The van der Waals surface area contributed by atoms with Crippen LogP contribution in [0.3, 0.4) is 0 Å². The molecule has 3 rings (SSSR count). The molecule has 0 fully saturated rings. The van der Waals surface area contributed by atoms with Gasteiger partial charge in [-0.15, -0.1) is 11.3 Å². The first-order valence-corrected chi connectivity index (χ1v) is 7.76. The third kappa shape index (κ3) is 2.72. The number of aromatic nitrogens is 1. The molecular weight excluding hydrogens is 299 g/mol. The van der Waals surface area contributed by atoms with Crippen LogP contribution in [-0.4, -0.2) is 22.8 Å². The van der Waals surface area contributed by atoms with Gasteiger partial charge < -0.3 is 4.90 Å². The predicted octanol–water partition coefficient (Wildman–Crippen LogP) is 4.27. The van der Waals surface area contributed by atoms with Crippen molar-refractivity contribution in [1.82, 2.24) is 9.88 Å². The number of carbonyl (C=O) groups excluding carboxylic acids is 1. The van der Waals surface area contributed by atoms with Gasteiger partial charge in [0.05, 0.1) is 16.3 Å². The third-order valence-electron chi connectivity index (χ3n) is 3.66. The first-order chi connectivity index (χ1) is 10.6. The molecule has 0 unspecified atom stereocenters. The van der Waals surface area contributed by atoms with Crippen molar-refractivity contribution < 1.29 is 9.18 Å². The molecule has 0 aliphatic heterocycles. The fourth-order valence-electron chi connectivity index (χ4n) is 2.21. The summed E-state index contributed by atoms with van der Waals surface area (Å²) in [5, 5.41) is 0.888. The maximum atomic E-state index is 13.0. The zero-order valence-electron chi connectivity index (χ0n) is 12.3. The molecule has 1 heterocycles. The zero-order valence-corrected chi connectivity index (χ0v) is 13.1. The summed E-state index contributed by atoms with van der Waals surface area (Å²) in [6.07, 6.45) is 0. The van der Waals surface area contributed by atoms with E-state index in [1.165, 1.54) is 24.3 Å². The van der Waals surface area contributed by atoms with Crippen molar-refractivity contribution in [1.29, 1.82) is 0 Å². The fraction of sp³-hybridized carbons (Fsp3) is 0.176. The minimum atomic E-state index is -0.349. The molecule has 1 atom stereocenters. The molecule has 0 aliphatic carbocycles. The van der Waals surface area contributed by atoms with E-state index in [0.717, 1.165) is 15.2 Å². The molecule has 1 amide bonds. The van der Waals surface area contributed by atoms with Crippen molar-refractivity contribution in [3.05, 3.63) is 64.9 Å². The highest BCUT2D eigenvalue weighted by Gasteiger charge is 2.21. The Morgan fingerprint density at radius 1 is 1.18 bits per heavy atom. The maximum absolute atomic E-state index is 13.0. The predicted molar refractivity (Wildman–Crippen MR) is 86.5 cm³/mol. The van der Waals surface area contributed by atoms with E-state index >= 15 is 0 Å². The smallest absolute Gasteiger partial charge is 0.254 e. The van der Waals surface area contributed by atoms with E-state index in [-0.39, 0.29) is 17.8 Å². The summed E-state index contributed by atoms with van der Waals surface area (Å²) in [5.41, 5.74) is 1.41. The molecule has 0 aliphatic rings. The van der Waals surface area contributed by atoms with Crippen LogP contribution in [0.1, 0.15) is 28.3 Å². The van der Waals surface area contributed by atoms with Crippen LogP contribution in [0.25, 0.3) is 10.2 Å². The van der Waals surface area contributed by atoms with Gasteiger partial charge in [-0.3, -0.25) is 4.79 Å². The molecule has 1 aromatic heterocycles. The Kier molecular flexibility index (Phi) is 3.90. The lowest BCUT2D eigenvalue weighted by molar-refractivity contribution is 0.0742. The molecule has 0 spiro atoms. The minimum Gasteiger partial charge on any atom is -0.333 e. The van der Waals surface area contributed by atoms with Gasteiger partial charge in [-0.1, -0.05) is 12.1 Å². The lowest BCUT2D eigenvalue weighted by atomic mass is 10.2. The number of fused-ring (bicyclic) bond motifs is 1. The summed E-state index contributed by atoms with van der Waals surface area (Å²) in [6, 6.07) is 13.3. The van der Waals surface area contributed by atoms with Crippen LogP contribution < -0.4 is 0 Å². The van der Waals surface area contributed by atoms with Gasteiger partial charge in [-0.25, -0.2) is 9.37 Å². The SMILES string of the molecule is C[C@@H](c1nc2ccccc2s1)N(C)C(=O)c1ccc(F)cc1. The van der Waals surface area contributed by atoms with Gasteiger partial charge in [-0.2, -0.15) is 0 Å². The number of rotatable bonds is 3. The molecule has 22 heavy (non-hydrogen) atoms. The Morgan fingerprint density at radius 2 is 1.86 bits per heavy atom. The highest BCUT2D eigenvalue weighted by Crippen LogP contribution is 2.29. The second-order valence-electron chi connectivity index (χ2n) is 5.12. The molecule has 0 bridgehead atoms. The quantitative estimate of drug-likeness (QED) is 0.723. The van der Waals surface area contributed by atoms with Crippen LogP contribution in [0.5, 0.6) is 0 Å². The summed E-state index contributed by atoms with van der Waals surface area (Å²) in [5.74, 6) is -0.495. The van der Waals surface area contributed by atoms with Crippen LogP contribution in [0, 0.1) is 5.82 Å². The van der Waals surface area contributed by atoms with Crippen molar-refractivity contribution in [2.75, 3.05) is 7.05 Å². The summed E-state index contributed by atoms with van der Waals surface area (Å²) in [4.78, 5) is 18.7. The number of thiazole rings is 1. The molecular formula is C17H15FN2OS. The largest absolute Gasteiger partial charge is 0.333 e.